The van der Waals surface area contributed by atoms with E-state index in [1.165, 1.54) is 17.0 Å². The Morgan fingerprint density at radius 2 is 2.33 bits per heavy atom. The Morgan fingerprint density at radius 1 is 1.61 bits per heavy atom. The molecular formula is C10H10ClN3O3S. The van der Waals surface area contributed by atoms with Gasteiger partial charge in [-0.1, -0.05) is 11.6 Å². The monoisotopic (exact) mass is 287 g/mol. The molecule has 2 rings (SSSR count). The van der Waals surface area contributed by atoms with Crippen molar-refractivity contribution in [1.82, 2.24) is 4.98 Å². The molecule has 1 saturated heterocycles. The molecule has 0 aromatic carbocycles. The molecule has 2 heterocycles. The Balaban J connectivity index is 2.41. The smallest absolute Gasteiger partial charge is 0.291 e. The number of hydrogen-bond acceptors (Lipinski definition) is 5. The van der Waals surface area contributed by atoms with Gasteiger partial charge in [0.05, 0.1) is 4.92 Å². The Bertz CT molecular complexity index is 511. The average molecular weight is 288 g/mol. The molecule has 0 N–H and O–H groups in total. The van der Waals surface area contributed by atoms with Crippen LogP contribution in [0.2, 0.25) is 5.15 Å². The van der Waals surface area contributed by atoms with E-state index < -0.39 is 4.92 Å². The first-order chi connectivity index (χ1) is 8.52. The number of rotatable bonds is 3. The van der Waals surface area contributed by atoms with Crippen LogP contribution < -0.4 is 4.90 Å². The molecule has 1 aliphatic rings. The van der Waals surface area contributed by atoms with E-state index in [1.54, 1.807) is 0 Å². The fourth-order valence-corrected chi connectivity index (χ4v) is 2.26. The first kappa shape index (κ1) is 13.1. The number of aromatic nitrogens is 1. The quantitative estimate of drug-likeness (QED) is 0.399. The molecule has 0 aliphatic carbocycles. The second-order valence-corrected chi connectivity index (χ2v) is 4.74. The molecule has 1 aliphatic heterocycles. The Labute approximate surface area is 114 Å². The molecule has 1 fully saturated rings. The number of hydrogen-bond donors (Lipinski definition) is 1. The SMILES string of the molecule is O=C1CC(CS)CN1c1nc(Cl)ccc1[N+](=O)[O-]. The molecule has 1 aromatic heterocycles. The second kappa shape index (κ2) is 5.11. The van der Waals surface area contributed by atoms with Crippen molar-refractivity contribution in [2.24, 2.45) is 5.92 Å². The normalized spacial score (nSPS) is 19.3. The third-order valence-corrected chi connectivity index (χ3v) is 3.46. The van der Waals surface area contributed by atoms with Gasteiger partial charge >= 0.3 is 5.69 Å². The molecule has 0 saturated carbocycles. The lowest BCUT2D eigenvalue weighted by atomic mass is 10.1. The number of nitro groups is 1. The van der Waals surface area contributed by atoms with Gasteiger partial charge in [0.25, 0.3) is 0 Å². The Kier molecular flexibility index (Phi) is 3.72. The van der Waals surface area contributed by atoms with E-state index in [0.29, 0.717) is 18.7 Å². The summed E-state index contributed by atoms with van der Waals surface area (Å²) in [7, 11) is 0. The van der Waals surface area contributed by atoms with Gasteiger partial charge in [0, 0.05) is 19.0 Å². The standard InChI is InChI=1S/C10H10ClN3O3S/c11-8-2-1-7(14(16)17)10(12-8)13-4-6(5-18)3-9(13)15/h1-2,6,18H,3-5H2. The lowest BCUT2D eigenvalue weighted by Gasteiger charge is -2.15. The van der Waals surface area contributed by atoms with Gasteiger partial charge in [-0.2, -0.15) is 12.6 Å². The summed E-state index contributed by atoms with van der Waals surface area (Å²) in [5, 5.41) is 11.0. The highest BCUT2D eigenvalue weighted by molar-refractivity contribution is 7.80. The van der Waals surface area contributed by atoms with Crippen LogP contribution in [0.15, 0.2) is 12.1 Å². The maximum atomic E-state index is 11.8. The van der Waals surface area contributed by atoms with Crippen molar-refractivity contribution < 1.29 is 9.72 Å². The summed E-state index contributed by atoms with van der Waals surface area (Å²) >= 11 is 9.87. The zero-order valence-corrected chi connectivity index (χ0v) is 10.9. The predicted octanol–water partition coefficient (Wildman–Crippen LogP) is 1.93. The van der Waals surface area contributed by atoms with E-state index in [4.69, 9.17) is 11.6 Å². The van der Waals surface area contributed by atoms with Crippen LogP contribution in [0.4, 0.5) is 11.5 Å². The topological polar surface area (TPSA) is 76.3 Å². The van der Waals surface area contributed by atoms with Gasteiger partial charge in [0.2, 0.25) is 11.7 Å². The summed E-state index contributed by atoms with van der Waals surface area (Å²) in [6.07, 6.45) is 0.328. The fraction of sp³-hybridized carbons (Fsp3) is 0.400. The summed E-state index contributed by atoms with van der Waals surface area (Å²) in [5.41, 5.74) is -0.215. The molecule has 0 bridgehead atoms. The van der Waals surface area contributed by atoms with Crippen LogP contribution >= 0.6 is 24.2 Å². The van der Waals surface area contributed by atoms with Crippen molar-refractivity contribution in [2.75, 3.05) is 17.2 Å². The molecule has 8 heteroatoms. The van der Waals surface area contributed by atoms with Crippen molar-refractivity contribution in [1.29, 1.82) is 0 Å². The van der Waals surface area contributed by atoms with Gasteiger partial charge < -0.3 is 0 Å². The Morgan fingerprint density at radius 3 is 2.89 bits per heavy atom. The number of pyridine rings is 1. The molecule has 1 amide bonds. The number of amides is 1. The highest BCUT2D eigenvalue weighted by atomic mass is 35.5. The highest BCUT2D eigenvalue weighted by Gasteiger charge is 2.34. The minimum atomic E-state index is -0.569. The van der Waals surface area contributed by atoms with Crippen molar-refractivity contribution >= 4 is 41.6 Å². The van der Waals surface area contributed by atoms with Gasteiger partial charge in [-0.05, 0) is 17.7 Å². The van der Waals surface area contributed by atoms with Gasteiger partial charge in [-0.15, -0.1) is 0 Å². The second-order valence-electron chi connectivity index (χ2n) is 3.99. The number of halogens is 1. The van der Waals surface area contributed by atoms with E-state index in [2.05, 4.69) is 17.6 Å². The number of anilines is 1. The lowest BCUT2D eigenvalue weighted by Crippen LogP contribution is -2.26. The largest absolute Gasteiger partial charge is 0.312 e. The zero-order valence-electron chi connectivity index (χ0n) is 9.24. The molecule has 0 spiro atoms. The van der Waals surface area contributed by atoms with Gasteiger partial charge in [-0.3, -0.25) is 19.8 Å². The molecule has 18 heavy (non-hydrogen) atoms. The van der Waals surface area contributed by atoms with E-state index in [0.717, 1.165) is 0 Å². The van der Waals surface area contributed by atoms with Gasteiger partial charge in [0.1, 0.15) is 5.15 Å². The van der Waals surface area contributed by atoms with Crippen LogP contribution in [0, 0.1) is 16.0 Å². The minimum Gasteiger partial charge on any atom is -0.291 e. The van der Waals surface area contributed by atoms with E-state index in [-0.39, 0.29) is 28.5 Å². The Hall–Kier alpha value is -1.34. The van der Waals surface area contributed by atoms with Gasteiger partial charge in [0.15, 0.2) is 0 Å². The van der Waals surface area contributed by atoms with Crippen LogP contribution in [0.5, 0.6) is 0 Å². The first-order valence-corrected chi connectivity index (χ1v) is 6.26. The van der Waals surface area contributed by atoms with E-state index in [1.807, 2.05) is 0 Å². The summed E-state index contributed by atoms with van der Waals surface area (Å²) in [4.78, 5) is 27.4. The molecule has 1 unspecified atom stereocenters. The van der Waals surface area contributed by atoms with E-state index in [9.17, 15) is 14.9 Å². The molecular weight excluding hydrogens is 278 g/mol. The predicted molar refractivity (Wildman–Crippen MR) is 70.2 cm³/mol. The van der Waals surface area contributed by atoms with Crippen LogP contribution in [0.3, 0.4) is 0 Å². The maximum absolute atomic E-state index is 11.8. The third kappa shape index (κ3) is 2.41. The zero-order chi connectivity index (χ0) is 13.3. The average Bonchev–Trinajstić information content (AvgIpc) is 2.70. The number of thiol groups is 1. The first-order valence-electron chi connectivity index (χ1n) is 5.25. The molecule has 0 radical (unpaired) electrons. The van der Waals surface area contributed by atoms with Gasteiger partial charge in [-0.25, -0.2) is 4.98 Å². The number of nitrogens with zero attached hydrogens (tertiary/aromatic N) is 3. The van der Waals surface area contributed by atoms with Crippen LogP contribution in [-0.2, 0) is 4.79 Å². The summed E-state index contributed by atoms with van der Waals surface area (Å²) < 4.78 is 0. The molecule has 1 atom stereocenters. The number of carbonyl (C=O) groups excluding carboxylic acids is 1. The number of carbonyl (C=O) groups is 1. The molecule has 6 nitrogen and oxygen atoms in total. The van der Waals surface area contributed by atoms with Crippen molar-refractivity contribution in [3.05, 3.63) is 27.4 Å². The minimum absolute atomic E-state index is 0.0155. The van der Waals surface area contributed by atoms with Crippen LogP contribution in [-0.4, -0.2) is 28.1 Å². The van der Waals surface area contributed by atoms with E-state index >= 15 is 0 Å². The fourth-order valence-electron chi connectivity index (χ4n) is 1.87. The maximum Gasteiger partial charge on any atom is 0.312 e. The molecule has 1 aromatic rings. The summed E-state index contributed by atoms with van der Waals surface area (Å²) in [6.45, 7) is 0.385. The lowest BCUT2D eigenvalue weighted by molar-refractivity contribution is -0.384. The van der Waals surface area contributed by atoms with Crippen molar-refractivity contribution in [2.45, 2.75) is 6.42 Å². The third-order valence-electron chi connectivity index (χ3n) is 2.74. The molecule has 96 valence electrons. The van der Waals surface area contributed by atoms with Crippen molar-refractivity contribution in [3.63, 3.8) is 0 Å². The van der Waals surface area contributed by atoms with Crippen molar-refractivity contribution in [3.8, 4) is 0 Å². The summed E-state index contributed by atoms with van der Waals surface area (Å²) in [5.74, 6) is 0.464. The highest BCUT2D eigenvalue weighted by Crippen LogP contribution is 2.32. The summed E-state index contributed by atoms with van der Waals surface area (Å²) in [6, 6.07) is 2.59. The van der Waals surface area contributed by atoms with Crippen LogP contribution in [0.1, 0.15) is 6.42 Å². The van der Waals surface area contributed by atoms with Crippen LogP contribution in [0.25, 0.3) is 0 Å².